The SMILES string of the molecule is CSCCCCC/C(=N/OS(=O)(=O)[O-])S[C@@H]1O[C@H](CO)[C@@H](O)[C@H](O)[C@H]1O. The van der Waals surface area contributed by atoms with Crippen molar-refractivity contribution >= 4 is 39.0 Å². The minimum atomic E-state index is -5.03. The van der Waals surface area contributed by atoms with E-state index in [9.17, 15) is 33.4 Å². The maximum atomic E-state index is 10.6. The van der Waals surface area contributed by atoms with Crippen molar-refractivity contribution < 1.29 is 42.4 Å². The Balaban J connectivity index is 2.76. The Labute approximate surface area is 160 Å². The molecular weight excluding hydrogens is 410 g/mol. The molecule has 1 aliphatic heterocycles. The molecule has 0 amide bonds. The van der Waals surface area contributed by atoms with Gasteiger partial charge in [-0.05, 0) is 31.3 Å². The molecule has 1 saturated heterocycles. The molecule has 26 heavy (non-hydrogen) atoms. The highest BCUT2D eigenvalue weighted by Crippen LogP contribution is 2.30. The molecule has 13 heteroatoms. The average Bonchev–Trinajstić information content (AvgIpc) is 2.58. The lowest BCUT2D eigenvalue weighted by Gasteiger charge is -2.39. The summed E-state index contributed by atoms with van der Waals surface area (Å²) in [4.78, 5) is 0. The highest BCUT2D eigenvalue weighted by atomic mass is 32.3. The van der Waals surface area contributed by atoms with Gasteiger partial charge in [-0.25, -0.2) is 0 Å². The van der Waals surface area contributed by atoms with Crippen molar-refractivity contribution in [3.63, 3.8) is 0 Å². The van der Waals surface area contributed by atoms with Crippen LogP contribution in [0, 0.1) is 0 Å². The van der Waals surface area contributed by atoms with Crippen LogP contribution in [-0.4, -0.2) is 86.9 Å². The second kappa shape index (κ2) is 11.7. The second-order valence-corrected chi connectivity index (χ2v) is 8.71. The molecule has 0 saturated carbocycles. The first-order chi connectivity index (χ1) is 12.2. The van der Waals surface area contributed by atoms with E-state index in [4.69, 9.17) is 4.74 Å². The van der Waals surface area contributed by atoms with E-state index in [1.165, 1.54) is 0 Å². The molecule has 5 atom stereocenters. The Morgan fingerprint density at radius 3 is 2.46 bits per heavy atom. The van der Waals surface area contributed by atoms with Crippen LogP contribution in [0.3, 0.4) is 0 Å². The molecule has 0 aromatic carbocycles. The quantitative estimate of drug-likeness (QED) is 0.0850. The Bertz CT molecular complexity index is 543. The van der Waals surface area contributed by atoms with Crippen molar-refractivity contribution in [1.82, 2.24) is 0 Å². The molecule has 1 fully saturated rings. The number of oxime groups is 1. The zero-order valence-corrected chi connectivity index (χ0v) is 16.6. The largest absolute Gasteiger partial charge is 0.714 e. The van der Waals surface area contributed by atoms with E-state index in [-0.39, 0.29) is 11.5 Å². The van der Waals surface area contributed by atoms with Crippen LogP contribution < -0.4 is 0 Å². The van der Waals surface area contributed by atoms with E-state index in [0.29, 0.717) is 6.42 Å². The van der Waals surface area contributed by atoms with Crippen LogP contribution in [0.2, 0.25) is 0 Å². The van der Waals surface area contributed by atoms with Gasteiger partial charge in [0.1, 0.15) is 34.9 Å². The van der Waals surface area contributed by atoms with Gasteiger partial charge in [0.25, 0.3) is 10.4 Å². The van der Waals surface area contributed by atoms with E-state index in [2.05, 4.69) is 9.44 Å². The molecule has 0 aliphatic carbocycles. The van der Waals surface area contributed by atoms with E-state index in [1.807, 2.05) is 6.26 Å². The number of aliphatic hydroxyl groups is 4. The summed E-state index contributed by atoms with van der Waals surface area (Å²) in [7, 11) is -5.03. The topological polar surface area (TPSA) is 169 Å². The summed E-state index contributed by atoms with van der Waals surface area (Å²) < 4.78 is 41.1. The molecule has 154 valence electrons. The van der Waals surface area contributed by atoms with Crippen LogP contribution in [0.1, 0.15) is 25.7 Å². The molecule has 0 aromatic rings. The predicted molar refractivity (Wildman–Crippen MR) is 96.4 cm³/mol. The van der Waals surface area contributed by atoms with Gasteiger partial charge in [0, 0.05) is 0 Å². The molecule has 0 radical (unpaired) electrons. The molecule has 0 aromatic heterocycles. The Morgan fingerprint density at radius 2 is 1.88 bits per heavy atom. The van der Waals surface area contributed by atoms with Crippen LogP contribution in [0.25, 0.3) is 0 Å². The van der Waals surface area contributed by atoms with Crippen LogP contribution in [-0.2, 0) is 19.4 Å². The summed E-state index contributed by atoms with van der Waals surface area (Å²) >= 11 is 2.46. The molecule has 1 aliphatic rings. The van der Waals surface area contributed by atoms with E-state index < -0.39 is 46.9 Å². The van der Waals surface area contributed by atoms with Gasteiger partial charge in [0.15, 0.2) is 0 Å². The maximum Gasteiger partial charge on any atom is 0.284 e. The summed E-state index contributed by atoms with van der Waals surface area (Å²) in [5.41, 5.74) is -1.13. The molecule has 1 rings (SSSR count). The lowest BCUT2D eigenvalue weighted by molar-refractivity contribution is -0.205. The molecule has 4 N–H and O–H groups in total. The van der Waals surface area contributed by atoms with Gasteiger partial charge in [-0.1, -0.05) is 23.3 Å². The number of aliphatic hydroxyl groups excluding tert-OH is 4. The normalized spacial score (nSPS) is 30.4. The summed E-state index contributed by atoms with van der Waals surface area (Å²) in [5.74, 6) is 0.970. The van der Waals surface area contributed by atoms with Crippen LogP contribution >= 0.6 is 23.5 Å². The Morgan fingerprint density at radius 1 is 1.19 bits per heavy atom. The summed E-state index contributed by atoms with van der Waals surface area (Å²) in [6.07, 6.45) is -1.02. The number of hydrogen-bond acceptors (Lipinski definition) is 12. The highest BCUT2D eigenvalue weighted by Gasteiger charge is 2.44. The number of ether oxygens (including phenoxy) is 1. The smallest absolute Gasteiger partial charge is 0.284 e. The van der Waals surface area contributed by atoms with Crippen molar-refractivity contribution in [2.45, 2.75) is 55.5 Å². The standard InChI is InChI=1S/C13H25NO9S3/c1-24-6-4-2-3-5-9(14-23-26(19,20)21)25-13-12(18)11(17)10(16)8(7-15)22-13/h8,10-13,15-18H,2-7H2,1H3,(H,19,20,21)/p-1/b14-9-/t8-,10-,11+,12-,13+/m1/s1. The Hall–Kier alpha value is -0.120. The van der Waals surface area contributed by atoms with Crippen molar-refractivity contribution in [2.75, 3.05) is 18.6 Å². The van der Waals surface area contributed by atoms with Gasteiger partial charge >= 0.3 is 0 Å². The van der Waals surface area contributed by atoms with E-state index in [1.54, 1.807) is 11.8 Å². The van der Waals surface area contributed by atoms with Crippen molar-refractivity contribution in [3.05, 3.63) is 0 Å². The number of nitrogens with zero attached hydrogens (tertiary/aromatic N) is 1. The van der Waals surface area contributed by atoms with E-state index >= 15 is 0 Å². The number of hydrogen-bond donors (Lipinski definition) is 4. The van der Waals surface area contributed by atoms with Gasteiger partial charge in [-0.15, -0.1) is 0 Å². The minimum Gasteiger partial charge on any atom is -0.714 e. The fourth-order valence-corrected chi connectivity index (χ4v) is 4.04. The zero-order valence-electron chi connectivity index (χ0n) is 14.1. The molecule has 10 nitrogen and oxygen atoms in total. The van der Waals surface area contributed by atoms with Gasteiger partial charge < -0.3 is 29.7 Å². The van der Waals surface area contributed by atoms with Gasteiger partial charge in [0.05, 0.1) is 6.61 Å². The third-order valence-corrected chi connectivity index (χ3v) is 5.70. The molecule has 0 unspecified atom stereocenters. The summed E-state index contributed by atoms with van der Waals surface area (Å²) in [6.45, 7) is -0.589. The van der Waals surface area contributed by atoms with E-state index in [0.717, 1.165) is 30.4 Å². The van der Waals surface area contributed by atoms with Crippen LogP contribution in [0.5, 0.6) is 0 Å². The summed E-state index contributed by atoms with van der Waals surface area (Å²) in [5, 5.41) is 42.2. The fraction of sp³-hybridized carbons (Fsp3) is 0.923. The highest BCUT2D eigenvalue weighted by molar-refractivity contribution is 8.14. The van der Waals surface area contributed by atoms with Crippen molar-refractivity contribution in [2.24, 2.45) is 5.16 Å². The molecule has 1 heterocycles. The van der Waals surface area contributed by atoms with Crippen LogP contribution in [0.4, 0.5) is 0 Å². The molecule has 0 bridgehead atoms. The summed E-state index contributed by atoms with van der Waals surface area (Å²) in [6, 6.07) is 0. The minimum absolute atomic E-state index is 0.0814. The lowest BCUT2D eigenvalue weighted by Crippen LogP contribution is -2.57. The van der Waals surface area contributed by atoms with Gasteiger partial charge in [-0.2, -0.15) is 20.2 Å². The van der Waals surface area contributed by atoms with Crippen LogP contribution in [0.15, 0.2) is 5.16 Å². The first kappa shape index (κ1) is 23.9. The number of unbranched alkanes of at least 4 members (excludes halogenated alkanes) is 2. The Kier molecular flexibility index (Phi) is 10.7. The monoisotopic (exact) mass is 434 g/mol. The average molecular weight is 435 g/mol. The van der Waals surface area contributed by atoms with Crippen molar-refractivity contribution in [3.8, 4) is 0 Å². The van der Waals surface area contributed by atoms with Crippen molar-refractivity contribution in [1.29, 1.82) is 0 Å². The van der Waals surface area contributed by atoms with Gasteiger partial charge in [-0.3, -0.25) is 4.28 Å². The second-order valence-electron chi connectivity index (χ2n) is 5.59. The third kappa shape index (κ3) is 8.27. The number of thioether (sulfide) groups is 2. The lowest BCUT2D eigenvalue weighted by atomic mass is 10.0. The first-order valence-corrected chi connectivity index (χ1v) is 11.5. The molecule has 0 spiro atoms. The third-order valence-electron chi connectivity index (χ3n) is 3.57. The predicted octanol–water partition coefficient (Wildman–Crippen LogP) is -0.767. The maximum absolute atomic E-state index is 10.6. The zero-order chi connectivity index (χ0) is 19.7. The number of rotatable bonds is 10. The molecular formula is C13H24NO9S3-. The fourth-order valence-electron chi connectivity index (χ4n) is 2.21. The first-order valence-electron chi connectivity index (χ1n) is 7.87. The van der Waals surface area contributed by atoms with Gasteiger partial charge in [0.2, 0.25) is 0 Å².